The molecule has 0 aromatic heterocycles. The third-order valence-corrected chi connectivity index (χ3v) is 5.49. The van der Waals surface area contributed by atoms with Crippen molar-refractivity contribution < 1.29 is 32.1 Å². The molecule has 10 nitrogen and oxygen atoms in total. The van der Waals surface area contributed by atoms with Crippen molar-refractivity contribution in [2.24, 2.45) is 5.92 Å². The Bertz CT molecular complexity index is 1080. The minimum atomic E-state index is -4.00. The van der Waals surface area contributed by atoms with Gasteiger partial charge in [-0.05, 0) is 30.2 Å². The highest BCUT2D eigenvalue weighted by atomic mass is 32.2. The number of nitrogens with zero attached hydrogens (tertiary/aromatic N) is 1. The molecule has 1 amide bonds. The number of amides is 1. The zero-order chi connectivity index (χ0) is 23.2. The van der Waals surface area contributed by atoms with E-state index >= 15 is 0 Å². The molecule has 0 saturated heterocycles. The number of rotatable bonds is 9. The number of carbonyl (C=O) groups excluding carboxylic acids is 2. The zero-order valence-electron chi connectivity index (χ0n) is 16.6. The maximum atomic E-state index is 13.4. The number of halogens is 1. The molecule has 0 radical (unpaired) electrons. The first-order valence-corrected chi connectivity index (χ1v) is 10.5. The average Bonchev–Trinajstić information content (AvgIpc) is 2.72. The summed E-state index contributed by atoms with van der Waals surface area (Å²) in [5.41, 5.74) is -0.899. The summed E-state index contributed by atoms with van der Waals surface area (Å²) in [6.45, 7) is 2.41. The van der Waals surface area contributed by atoms with Crippen LogP contribution in [0.15, 0.2) is 53.4 Å². The lowest BCUT2D eigenvalue weighted by Gasteiger charge is -2.20. The standard InChI is InChI=1S/C19H20FN3O7S/c1-12(2)18(22-31(28,29)14-6-4-3-5-7-14)19(25)30-11-17(24)21-13-8-9-15(20)16(10-13)23(26)27/h3-10,12,18,22H,11H2,1-2H3,(H,21,24)/t18-/m1/s1. The normalized spacial score (nSPS) is 12.3. The van der Waals surface area contributed by atoms with Crippen molar-refractivity contribution in [3.8, 4) is 0 Å². The van der Waals surface area contributed by atoms with Crippen LogP contribution in [0.1, 0.15) is 13.8 Å². The van der Waals surface area contributed by atoms with E-state index in [0.29, 0.717) is 0 Å². The Morgan fingerprint density at radius 3 is 2.39 bits per heavy atom. The van der Waals surface area contributed by atoms with Crippen molar-refractivity contribution in [2.75, 3.05) is 11.9 Å². The molecule has 2 N–H and O–H groups in total. The van der Waals surface area contributed by atoms with E-state index in [2.05, 4.69) is 10.0 Å². The lowest BCUT2D eigenvalue weighted by molar-refractivity contribution is -0.387. The number of nitro groups is 1. The molecule has 0 spiro atoms. The van der Waals surface area contributed by atoms with Crippen LogP contribution in [0.25, 0.3) is 0 Å². The summed E-state index contributed by atoms with van der Waals surface area (Å²) in [4.78, 5) is 34.1. The first-order chi connectivity index (χ1) is 14.5. The molecular weight excluding hydrogens is 433 g/mol. The molecule has 166 valence electrons. The molecule has 0 unspecified atom stereocenters. The summed E-state index contributed by atoms with van der Waals surface area (Å²) >= 11 is 0. The van der Waals surface area contributed by atoms with E-state index in [1.165, 1.54) is 24.3 Å². The Morgan fingerprint density at radius 2 is 1.81 bits per heavy atom. The van der Waals surface area contributed by atoms with Gasteiger partial charge < -0.3 is 10.1 Å². The maximum Gasteiger partial charge on any atom is 0.324 e. The molecule has 12 heteroatoms. The first-order valence-electron chi connectivity index (χ1n) is 8.99. The summed E-state index contributed by atoms with van der Waals surface area (Å²) < 4.78 is 45.4. The summed E-state index contributed by atoms with van der Waals surface area (Å²) in [6.07, 6.45) is 0. The fourth-order valence-electron chi connectivity index (χ4n) is 2.45. The molecule has 31 heavy (non-hydrogen) atoms. The van der Waals surface area contributed by atoms with E-state index in [4.69, 9.17) is 4.74 Å². The zero-order valence-corrected chi connectivity index (χ0v) is 17.4. The van der Waals surface area contributed by atoms with Crippen molar-refractivity contribution in [3.63, 3.8) is 0 Å². The van der Waals surface area contributed by atoms with Crippen LogP contribution in [-0.4, -0.2) is 37.9 Å². The van der Waals surface area contributed by atoms with Crippen molar-refractivity contribution in [1.29, 1.82) is 0 Å². The second-order valence-electron chi connectivity index (χ2n) is 6.74. The quantitative estimate of drug-likeness (QED) is 0.336. The smallest absolute Gasteiger partial charge is 0.324 e. The number of nitro benzene ring substituents is 1. The van der Waals surface area contributed by atoms with Crippen LogP contribution in [0.2, 0.25) is 0 Å². The van der Waals surface area contributed by atoms with Gasteiger partial charge in [0.2, 0.25) is 15.8 Å². The molecular formula is C19H20FN3O7S. The third kappa shape index (κ3) is 6.55. The van der Waals surface area contributed by atoms with Gasteiger partial charge >= 0.3 is 11.7 Å². The molecule has 0 bridgehead atoms. The number of hydrogen-bond donors (Lipinski definition) is 2. The van der Waals surface area contributed by atoms with Crippen LogP contribution in [0.3, 0.4) is 0 Å². The van der Waals surface area contributed by atoms with Gasteiger partial charge in [-0.2, -0.15) is 9.11 Å². The Labute approximate surface area is 177 Å². The van der Waals surface area contributed by atoms with Gasteiger partial charge in [0, 0.05) is 11.8 Å². The molecule has 2 aromatic rings. The van der Waals surface area contributed by atoms with E-state index in [1.54, 1.807) is 19.9 Å². The van der Waals surface area contributed by atoms with Gasteiger partial charge in [0.1, 0.15) is 6.04 Å². The molecule has 0 fully saturated rings. The van der Waals surface area contributed by atoms with Crippen molar-refractivity contribution in [2.45, 2.75) is 24.8 Å². The van der Waals surface area contributed by atoms with Crippen LogP contribution < -0.4 is 10.0 Å². The fraction of sp³-hybridized carbons (Fsp3) is 0.263. The number of carbonyl (C=O) groups is 2. The SMILES string of the molecule is CC(C)[C@@H](NS(=O)(=O)c1ccccc1)C(=O)OCC(=O)Nc1ccc(F)c([N+](=O)[O-])c1. The number of ether oxygens (including phenoxy) is 1. The molecule has 0 saturated carbocycles. The first kappa shape index (κ1) is 23.9. The van der Waals surface area contributed by atoms with E-state index in [-0.39, 0.29) is 10.6 Å². The molecule has 0 heterocycles. The van der Waals surface area contributed by atoms with Crippen LogP contribution in [0.5, 0.6) is 0 Å². The second kappa shape index (κ2) is 10.1. The van der Waals surface area contributed by atoms with Gasteiger partial charge in [-0.15, -0.1) is 0 Å². The summed E-state index contributed by atoms with van der Waals surface area (Å²) in [5.74, 6) is -3.38. The molecule has 1 atom stereocenters. The van der Waals surface area contributed by atoms with Gasteiger partial charge in [0.15, 0.2) is 6.61 Å². The Kier molecular flexibility index (Phi) is 7.78. The van der Waals surface area contributed by atoms with Crippen LogP contribution >= 0.6 is 0 Å². The molecule has 2 aromatic carbocycles. The Hall–Kier alpha value is -3.38. The summed E-state index contributed by atoms with van der Waals surface area (Å²) in [6, 6.07) is 8.90. The van der Waals surface area contributed by atoms with E-state index < -0.39 is 56.9 Å². The van der Waals surface area contributed by atoms with Gasteiger partial charge in [-0.3, -0.25) is 19.7 Å². The summed E-state index contributed by atoms with van der Waals surface area (Å²) in [7, 11) is -4.00. The number of anilines is 1. The summed E-state index contributed by atoms with van der Waals surface area (Å²) in [5, 5.41) is 13.0. The molecule has 0 aliphatic heterocycles. The predicted octanol–water partition coefficient (Wildman–Crippen LogP) is 2.22. The van der Waals surface area contributed by atoms with Gasteiger partial charge in [0.05, 0.1) is 9.82 Å². The number of benzene rings is 2. The predicted molar refractivity (Wildman–Crippen MR) is 108 cm³/mol. The molecule has 2 rings (SSSR count). The van der Waals surface area contributed by atoms with Crippen molar-refractivity contribution in [1.82, 2.24) is 4.72 Å². The Balaban J connectivity index is 2.01. The average molecular weight is 453 g/mol. The number of hydrogen-bond acceptors (Lipinski definition) is 7. The monoisotopic (exact) mass is 453 g/mol. The largest absolute Gasteiger partial charge is 0.454 e. The fourth-order valence-corrected chi connectivity index (χ4v) is 3.80. The number of esters is 1. The Morgan fingerprint density at radius 1 is 1.16 bits per heavy atom. The van der Waals surface area contributed by atoms with Crippen molar-refractivity contribution >= 4 is 33.3 Å². The van der Waals surface area contributed by atoms with E-state index in [0.717, 1.165) is 18.2 Å². The van der Waals surface area contributed by atoms with Crippen LogP contribution in [0, 0.1) is 21.8 Å². The molecule has 0 aliphatic carbocycles. The minimum Gasteiger partial charge on any atom is -0.454 e. The topological polar surface area (TPSA) is 145 Å². The van der Waals surface area contributed by atoms with Crippen molar-refractivity contribution in [3.05, 3.63) is 64.5 Å². The van der Waals surface area contributed by atoms with Gasteiger partial charge in [-0.1, -0.05) is 32.0 Å². The van der Waals surface area contributed by atoms with Crippen LogP contribution in [-0.2, 0) is 24.3 Å². The van der Waals surface area contributed by atoms with Gasteiger partial charge in [0.25, 0.3) is 5.91 Å². The second-order valence-corrected chi connectivity index (χ2v) is 8.45. The highest BCUT2D eigenvalue weighted by molar-refractivity contribution is 7.89. The third-order valence-electron chi connectivity index (χ3n) is 4.03. The van der Waals surface area contributed by atoms with E-state index in [9.17, 15) is 32.5 Å². The highest BCUT2D eigenvalue weighted by Gasteiger charge is 2.30. The highest BCUT2D eigenvalue weighted by Crippen LogP contribution is 2.21. The van der Waals surface area contributed by atoms with E-state index in [1.807, 2.05) is 0 Å². The number of nitrogens with one attached hydrogen (secondary N) is 2. The maximum absolute atomic E-state index is 13.4. The van der Waals surface area contributed by atoms with Crippen LogP contribution in [0.4, 0.5) is 15.8 Å². The lowest BCUT2D eigenvalue weighted by atomic mass is 10.1. The number of sulfonamides is 1. The van der Waals surface area contributed by atoms with Gasteiger partial charge in [-0.25, -0.2) is 8.42 Å². The lowest BCUT2D eigenvalue weighted by Crippen LogP contribution is -2.45. The minimum absolute atomic E-state index is 0.0379. The molecule has 0 aliphatic rings.